The highest BCUT2D eigenvalue weighted by molar-refractivity contribution is 9.10. The number of hydrogen-bond acceptors (Lipinski definition) is 2. The van der Waals surface area contributed by atoms with Crippen LogP contribution in [0.25, 0.3) is 0 Å². The van der Waals surface area contributed by atoms with E-state index in [-0.39, 0.29) is 11.7 Å². The van der Waals surface area contributed by atoms with Gasteiger partial charge < -0.3 is 5.32 Å². The maximum absolute atomic E-state index is 11.4. The van der Waals surface area contributed by atoms with E-state index in [1.807, 2.05) is 18.2 Å². The molecular weight excluding hydrogens is 246 g/mol. The molecule has 0 bridgehead atoms. The maximum atomic E-state index is 11.4. The molecule has 0 spiro atoms. The summed E-state index contributed by atoms with van der Waals surface area (Å²) in [6.45, 7) is 1.37. The minimum absolute atomic E-state index is 0.210. The second-order valence-corrected chi connectivity index (χ2v) is 3.74. The summed E-state index contributed by atoms with van der Waals surface area (Å²) in [6, 6.07) is 9.00. The smallest absolute Gasteiger partial charge is 0.245 e. The number of ketones is 1. The van der Waals surface area contributed by atoms with Gasteiger partial charge in [0.2, 0.25) is 5.91 Å². The van der Waals surface area contributed by atoms with Crippen molar-refractivity contribution in [2.24, 2.45) is 0 Å². The van der Waals surface area contributed by atoms with Crippen LogP contribution in [0.4, 0.5) is 5.69 Å². The van der Waals surface area contributed by atoms with E-state index in [0.717, 1.165) is 0 Å². The van der Waals surface area contributed by atoms with E-state index < -0.39 is 4.83 Å². The average molecular weight is 256 g/mol. The highest BCUT2D eigenvalue weighted by Gasteiger charge is 2.19. The first-order valence-corrected chi connectivity index (χ1v) is 5.03. The number of carbonyl (C=O) groups excluding carboxylic acids is 2. The molecule has 1 aromatic rings. The van der Waals surface area contributed by atoms with Crippen LogP contribution in [0.3, 0.4) is 0 Å². The summed E-state index contributed by atoms with van der Waals surface area (Å²) in [6.07, 6.45) is 0. The monoisotopic (exact) mass is 255 g/mol. The van der Waals surface area contributed by atoms with E-state index in [1.54, 1.807) is 12.1 Å². The Labute approximate surface area is 90.6 Å². The van der Waals surface area contributed by atoms with Crippen LogP contribution in [0.15, 0.2) is 30.3 Å². The van der Waals surface area contributed by atoms with E-state index >= 15 is 0 Å². The highest BCUT2D eigenvalue weighted by atomic mass is 79.9. The third-order valence-corrected chi connectivity index (χ3v) is 2.69. The Morgan fingerprint density at radius 2 is 1.86 bits per heavy atom. The fourth-order valence-electron chi connectivity index (χ4n) is 0.912. The molecule has 0 aliphatic carbocycles. The predicted molar refractivity (Wildman–Crippen MR) is 58.5 cm³/mol. The summed E-state index contributed by atoms with van der Waals surface area (Å²) in [5, 5.41) is 2.62. The maximum Gasteiger partial charge on any atom is 0.245 e. The number of carbonyl (C=O) groups is 2. The standard InChI is InChI=1S/C10H10BrNO2/c1-7(13)9(11)10(14)12-8-5-3-2-4-6-8/h2-6,9H,1H3,(H,12,14)/t9-/m1/s1. The van der Waals surface area contributed by atoms with Crippen molar-refractivity contribution in [3.8, 4) is 0 Å². The molecule has 0 saturated carbocycles. The number of rotatable bonds is 3. The fourth-order valence-corrected chi connectivity index (χ4v) is 1.03. The van der Waals surface area contributed by atoms with Crippen LogP contribution in [0.5, 0.6) is 0 Å². The average Bonchev–Trinajstić information content (AvgIpc) is 2.18. The molecule has 3 nitrogen and oxygen atoms in total. The zero-order valence-electron chi connectivity index (χ0n) is 7.66. The lowest BCUT2D eigenvalue weighted by molar-refractivity contribution is -0.123. The van der Waals surface area contributed by atoms with E-state index in [4.69, 9.17) is 0 Å². The Hall–Kier alpha value is -1.16. The van der Waals surface area contributed by atoms with E-state index in [9.17, 15) is 9.59 Å². The summed E-state index contributed by atoms with van der Waals surface area (Å²) in [4.78, 5) is 21.5. The molecule has 0 saturated heterocycles. The van der Waals surface area contributed by atoms with Gasteiger partial charge >= 0.3 is 0 Å². The molecule has 1 amide bonds. The van der Waals surface area contributed by atoms with Crippen LogP contribution in [0.1, 0.15) is 6.92 Å². The van der Waals surface area contributed by atoms with Gasteiger partial charge in [0.25, 0.3) is 0 Å². The van der Waals surface area contributed by atoms with Gasteiger partial charge in [-0.2, -0.15) is 0 Å². The first kappa shape index (κ1) is 10.9. The molecule has 1 aromatic carbocycles. The van der Waals surface area contributed by atoms with Crippen molar-refractivity contribution in [3.05, 3.63) is 30.3 Å². The summed E-state index contributed by atoms with van der Waals surface area (Å²) in [5.74, 6) is -0.554. The van der Waals surface area contributed by atoms with E-state index in [2.05, 4.69) is 21.2 Å². The molecule has 4 heteroatoms. The Kier molecular flexibility index (Phi) is 3.83. The van der Waals surface area contributed by atoms with E-state index in [0.29, 0.717) is 5.69 Å². The van der Waals surface area contributed by atoms with Crippen molar-refractivity contribution in [2.75, 3.05) is 5.32 Å². The van der Waals surface area contributed by atoms with Crippen molar-refractivity contribution in [1.29, 1.82) is 0 Å². The molecule has 74 valence electrons. The van der Waals surface area contributed by atoms with Crippen LogP contribution < -0.4 is 5.32 Å². The largest absolute Gasteiger partial charge is 0.325 e. The summed E-state index contributed by atoms with van der Waals surface area (Å²) < 4.78 is 0. The van der Waals surface area contributed by atoms with Gasteiger partial charge in [-0.1, -0.05) is 34.1 Å². The number of hydrogen-bond donors (Lipinski definition) is 1. The molecule has 0 fully saturated rings. The number of anilines is 1. The molecule has 1 rings (SSSR count). The predicted octanol–water partition coefficient (Wildman–Crippen LogP) is 1.98. The van der Waals surface area contributed by atoms with Gasteiger partial charge in [-0.15, -0.1) is 0 Å². The van der Waals surface area contributed by atoms with Gasteiger partial charge in [0.1, 0.15) is 0 Å². The quantitative estimate of drug-likeness (QED) is 0.663. The Morgan fingerprint density at radius 1 is 1.29 bits per heavy atom. The zero-order chi connectivity index (χ0) is 10.6. The normalized spacial score (nSPS) is 11.9. The zero-order valence-corrected chi connectivity index (χ0v) is 9.24. The summed E-state index contributed by atoms with van der Waals surface area (Å²) in [5.41, 5.74) is 0.684. The minimum atomic E-state index is -0.775. The minimum Gasteiger partial charge on any atom is -0.325 e. The van der Waals surface area contributed by atoms with E-state index in [1.165, 1.54) is 6.92 Å². The molecule has 0 aromatic heterocycles. The van der Waals surface area contributed by atoms with Crippen molar-refractivity contribution in [3.63, 3.8) is 0 Å². The Morgan fingerprint density at radius 3 is 2.36 bits per heavy atom. The number of nitrogens with one attached hydrogen (secondary N) is 1. The lowest BCUT2D eigenvalue weighted by atomic mass is 10.2. The number of amides is 1. The van der Waals surface area contributed by atoms with Crippen molar-refractivity contribution < 1.29 is 9.59 Å². The SMILES string of the molecule is CC(=O)[C@@H](Br)C(=O)Nc1ccccc1. The van der Waals surface area contributed by atoms with Gasteiger partial charge in [-0.3, -0.25) is 9.59 Å². The molecule has 1 N–H and O–H groups in total. The number of benzene rings is 1. The Bertz CT molecular complexity index is 337. The first-order chi connectivity index (χ1) is 6.61. The van der Waals surface area contributed by atoms with Crippen LogP contribution in [-0.4, -0.2) is 16.5 Å². The molecule has 0 radical (unpaired) electrons. The van der Waals surface area contributed by atoms with Gasteiger partial charge in [0, 0.05) is 5.69 Å². The van der Waals surface area contributed by atoms with Crippen LogP contribution in [0.2, 0.25) is 0 Å². The van der Waals surface area contributed by atoms with Crippen molar-refractivity contribution in [1.82, 2.24) is 0 Å². The number of para-hydroxylation sites is 1. The molecule has 0 aliphatic rings. The second kappa shape index (κ2) is 4.91. The lowest BCUT2D eigenvalue weighted by Gasteiger charge is -2.07. The van der Waals surface area contributed by atoms with Gasteiger partial charge in [-0.05, 0) is 19.1 Å². The van der Waals surface area contributed by atoms with Gasteiger partial charge in [-0.25, -0.2) is 0 Å². The highest BCUT2D eigenvalue weighted by Crippen LogP contribution is 2.09. The van der Waals surface area contributed by atoms with Crippen LogP contribution in [-0.2, 0) is 9.59 Å². The van der Waals surface area contributed by atoms with Gasteiger partial charge in [0.15, 0.2) is 10.6 Å². The Balaban J connectivity index is 2.62. The fraction of sp³-hybridized carbons (Fsp3) is 0.200. The number of alkyl halides is 1. The molecule has 0 heterocycles. The lowest BCUT2D eigenvalue weighted by Crippen LogP contribution is -2.28. The molecule has 1 atom stereocenters. The molecule has 0 aliphatic heterocycles. The van der Waals surface area contributed by atoms with Crippen LogP contribution in [0, 0.1) is 0 Å². The van der Waals surface area contributed by atoms with Crippen molar-refractivity contribution >= 4 is 33.3 Å². The second-order valence-electron chi connectivity index (χ2n) is 2.83. The van der Waals surface area contributed by atoms with Crippen molar-refractivity contribution in [2.45, 2.75) is 11.8 Å². The van der Waals surface area contributed by atoms with Crippen LogP contribution >= 0.6 is 15.9 Å². The van der Waals surface area contributed by atoms with Gasteiger partial charge in [0.05, 0.1) is 0 Å². The molecular formula is C10H10BrNO2. The topological polar surface area (TPSA) is 46.2 Å². The summed E-state index contributed by atoms with van der Waals surface area (Å²) in [7, 11) is 0. The molecule has 0 unspecified atom stereocenters. The third-order valence-electron chi connectivity index (χ3n) is 1.63. The number of Topliss-reactive ketones (excluding diaryl/α,β-unsaturated/α-hetero) is 1. The number of halogens is 1. The summed E-state index contributed by atoms with van der Waals surface area (Å²) >= 11 is 3.00. The first-order valence-electron chi connectivity index (χ1n) is 4.11. The third kappa shape index (κ3) is 2.96. The molecule has 14 heavy (non-hydrogen) atoms.